The third-order valence-corrected chi connectivity index (χ3v) is 6.81. The van der Waals surface area contributed by atoms with Crippen LogP contribution < -0.4 is 21.3 Å². The lowest BCUT2D eigenvalue weighted by atomic mass is 10.2. The Hall–Kier alpha value is -5.70. The number of hydrogen-bond acceptors (Lipinski definition) is 7. The summed E-state index contributed by atoms with van der Waals surface area (Å²) in [5.74, 6) is -3.23. The molecule has 236 valence electrons. The van der Waals surface area contributed by atoms with E-state index in [0.29, 0.717) is 23.6 Å². The summed E-state index contributed by atoms with van der Waals surface area (Å²) in [5.41, 5.74) is 1.38. The molecule has 4 heterocycles. The molecule has 45 heavy (non-hydrogen) atoms. The van der Waals surface area contributed by atoms with Crippen LogP contribution in [0.15, 0.2) is 55.1 Å². The van der Waals surface area contributed by atoms with Crippen molar-refractivity contribution >= 4 is 46.7 Å². The van der Waals surface area contributed by atoms with Gasteiger partial charge < -0.3 is 45.0 Å². The van der Waals surface area contributed by atoms with Gasteiger partial charge in [0.15, 0.2) is 0 Å². The number of aryl methyl sites for hydroxylation is 3. The zero-order valence-electron chi connectivity index (χ0n) is 25.5. The number of pyridine rings is 1. The van der Waals surface area contributed by atoms with Gasteiger partial charge >= 0.3 is 5.97 Å². The number of amides is 4. The number of carboxylic acid groups (broad SMARTS) is 1. The van der Waals surface area contributed by atoms with Gasteiger partial charge in [0.25, 0.3) is 23.6 Å². The Morgan fingerprint density at radius 2 is 1.22 bits per heavy atom. The normalized spacial score (nSPS) is 10.9. The molecule has 0 spiro atoms. The standard InChI is InChI=1S/C30H35N9O6/c1-36(2)11-7-10-32-26(40)22-12-18(15-37(22)3)33-27(41)23-13-19(16-38(23)4)34-28(42)24-14-20(17-39(24)5)35-29(43)25-21(30(44)45)8-6-9-31-25/h6,8-9,12-17H,7,10-11H2,1-5H3,(H,32,40)(H,33,41)(H,34,42)(H,35,43)(H,44,45). The molecule has 0 saturated heterocycles. The average molecular weight is 618 g/mol. The molecule has 4 amide bonds. The Labute approximate surface area is 258 Å². The number of carbonyl (C=O) groups excluding carboxylic acids is 4. The number of aromatic nitrogens is 4. The van der Waals surface area contributed by atoms with Crippen LogP contribution in [0.1, 0.15) is 58.7 Å². The molecular formula is C30H35N9O6. The smallest absolute Gasteiger partial charge is 0.338 e. The van der Waals surface area contributed by atoms with Gasteiger partial charge in [0.2, 0.25) is 0 Å². The minimum absolute atomic E-state index is 0.191. The van der Waals surface area contributed by atoms with Crippen LogP contribution in [0.3, 0.4) is 0 Å². The Balaban J connectivity index is 1.38. The largest absolute Gasteiger partial charge is 0.478 e. The second-order valence-electron chi connectivity index (χ2n) is 10.7. The molecule has 0 atom stereocenters. The SMILES string of the molecule is CN(C)CCCNC(=O)c1cc(NC(=O)c2cc(NC(=O)c3cc(NC(=O)c4ncccc4C(=O)O)cn3C)cn2C)cn1C. The lowest BCUT2D eigenvalue weighted by Gasteiger charge is -2.10. The topological polar surface area (TPSA) is 185 Å². The van der Waals surface area contributed by atoms with Gasteiger partial charge in [-0.25, -0.2) is 4.79 Å². The number of nitrogens with one attached hydrogen (secondary N) is 4. The van der Waals surface area contributed by atoms with Crippen LogP contribution in [0.4, 0.5) is 17.1 Å². The highest BCUT2D eigenvalue weighted by atomic mass is 16.4. The van der Waals surface area contributed by atoms with Crippen LogP contribution in [-0.4, -0.2) is 85.5 Å². The molecule has 0 radical (unpaired) electrons. The van der Waals surface area contributed by atoms with Crippen LogP contribution in [0.5, 0.6) is 0 Å². The summed E-state index contributed by atoms with van der Waals surface area (Å²) in [6.45, 7) is 1.38. The summed E-state index contributed by atoms with van der Waals surface area (Å²) in [4.78, 5) is 68.7. The molecule has 0 unspecified atom stereocenters. The lowest BCUT2D eigenvalue weighted by molar-refractivity contribution is 0.0691. The fourth-order valence-electron chi connectivity index (χ4n) is 4.60. The summed E-state index contributed by atoms with van der Waals surface area (Å²) in [6, 6.07) is 7.21. The zero-order valence-corrected chi connectivity index (χ0v) is 25.5. The van der Waals surface area contributed by atoms with E-state index in [1.54, 1.807) is 48.7 Å². The molecule has 4 aromatic heterocycles. The number of anilines is 3. The highest BCUT2D eigenvalue weighted by Gasteiger charge is 2.21. The molecule has 0 fully saturated rings. The van der Waals surface area contributed by atoms with Crippen LogP contribution in [0.2, 0.25) is 0 Å². The quantitative estimate of drug-likeness (QED) is 0.150. The van der Waals surface area contributed by atoms with E-state index in [2.05, 4.69) is 26.3 Å². The maximum Gasteiger partial charge on any atom is 0.338 e. The first kappa shape index (κ1) is 32.2. The number of nitrogens with zero attached hydrogens (tertiary/aromatic N) is 5. The van der Waals surface area contributed by atoms with E-state index >= 15 is 0 Å². The predicted molar refractivity (Wildman–Crippen MR) is 167 cm³/mol. The summed E-state index contributed by atoms with van der Waals surface area (Å²) in [7, 11) is 8.91. The first-order valence-electron chi connectivity index (χ1n) is 13.9. The van der Waals surface area contributed by atoms with Crippen molar-refractivity contribution in [3.63, 3.8) is 0 Å². The second kappa shape index (κ2) is 13.7. The molecular weight excluding hydrogens is 582 g/mol. The van der Waals surface area contributed by atoms with Crippen molar-refractivity contribution in [3.8, 4) is 0 Å². The first-order chi connectivity index (χ1) is 21.3. The summed E-state index contributed by atoms with van der Waals surface area (Å²) in [5, 5.41) is 20.3. The van der Waals surface area contributed by atoms with E-state index in [1.807, 2.05) is 19.0 Å². The van der Waals surface area contributed by atoms with Gasteiger partial charge in [0.05, 0.1) is 22.6 Å². The minimum atomic E-state index is -1.29. The van der Waals surface area contributed by atoms with E-state index < -0.39 is 23.7 Å². The molecule has 15 nitrogen and oxygen atoms in total. The molecule has 5 N–H and O–H groups in total. The Kier molecular flexibility index (Phi) is 9.83. The van der Waals surface area contributed by atoms with E-state index in [0.717, 1.165) is 13.0 Å². The average Bonchev–Trinajstić information content (AvgIpc) is 3.66. The number of carboxylic acids is 1. The van der Waals surface area contributed by atoms with E-state index in [9.17, 15) is 29.1 Å². The Morgan fingerprint density at radius 3 is 1.69 bits per heavy atom. The fraction of sp³-hybridized carbons (Fsp3) is 0.267. The number of hydrogen-bond donors (Lipinski definition) is 5. The van der Waals surface area contributed by atoms with Crippen LogP contribution in [0.25, 0.3) is 0 Å². The van der Waals surface area contributed by atoms with Gasteiger partial charge in [0.1, 0.15) is 22.8 Å². The van der Waals surface area contributed by atoms with Gasteiger partial charge in [-0.1, -0.05) is 0 Å². The Morgan fingerprint density at radius 1 is 0.756 bits per heavy atom. The van der Waals surface area contributed by atoms with Crippen LogP contribution >= 0.6 is 0 Å². The third-order valence-electron chi connectivity index (χ3n) is 6.81. The monoisotopic (exact) mass is 617 g/mol. The van der Waals surface area contributed by atoms with Gasteiger partial charge in [-0.3, -0.25) is 24.2 Å². The maximum absolute atomic E-state index is 13.1. The van der Waals surface area contributed by atoms with Crippen LogP contribution in [-0.2, 0) is 21.1 Å². The molecule has 4 rings (SSSR count). The lowest BCUT2D eigenvalue weighted by Crippen LogP contribution is -2.28. The van der Waals surface area contributed by atoms with Crippen molar-refractivity contribution in [2.45, 2.75) is 6.42 Å². The fourth-order valence-corrected chi connectivity index (χ4v) is 4.60. The molecule has 4 aromatic rings. The zero-order chi connectivity index (χ0) is 32.8. The van der Waals surface area contributed by atoms with Gasteiger partial charge in [-0.2, -0.15) is 0 Å². The summed E-state index contributed by atoms with van der Waals surface area (Å²) < 4.78 is 4.67. The predicted octanol–water partition coefficient (Wildman–Crippen LogP) is 2.23. The van der Waals surface area contributed by atoms with E-state index in [1.165, 1.54) is 41.2 Å². The highest BCUT2D eigenvalue weighted by molar-refractivity contribution is 6.11. The van der Waals surface area contributed by atoms with Crippen LogP contribution in [0, 0.1) is 0 Å². The van der Waals surface area contributed by atoms with Gasteiger partial charge in [-0.15, -0.1) is 0 Å². The first-order valence-corrected chi connectivity index (χ1v) is 13.9. The van der Waals surface area contributed by atoms with Crippen molar-refractivity contribution in [1.82, 2.24) is 28.9 Å². The maximum atomic E-state index is 13.1. The molecule has 0 saturated carbocycles. The van der Waals surface area contributed by atoms with Crippen molar-refractivity contribution in [2.24, 2.45) is 21.1 Å². The molecule has 0 aliphatic heterocycles. The Bertz CT molecular complexity index is 1760. The minimum Gasteiger partial charge on any atom is -0.478 e. The summed E-state index contributed by atoms with van der Waals surface area (Å²) >= 11 is 0. The van der Waals surface area contributed by atoms with Gasteiger partial charge in [-0.05, 0) is 57.4 Å². The second-order valence-corrected chi connectivity index (χ2v) is 10.7. The van der Waals surface area contributed by atoms with Crippen molar-refractivity contribution in [3.05, 3.63) is 83.5 Å². The number of carbonyl (C=O) groups is 5. The highest BCUT2D eigenvalue weighted by Crippen LogP contribution is 2.20. The number of aromatic carboxylic acids is 1. The number of rotatable bonds is 12. The molecule has 0 aliphatic carbocycles. The molecule has 15 heteroatoms. The molecule has 0 bridgehead atoms. The van der Waals surface area contributed by atoms with Crippen molar-refractivity contribution in [2.75, 3.05) is 43.1 Å². The molecule has 0 aliphatic rings. The van der Waals surface area contributed by atoms with Crippen molar-refractivity contribution in [1.29, 1.82) is 0 Å². The summed E-state index contributed by atoms with van der Waals surface area (Å²) in [6.07, 6.45) is 6.83. The molecule has 0 aromatic carbocycles. The van der Waals surface area contributed by atoms with Crippen molar-refractivity contribution < 1.29 is 29.1 Å². The van der Waals surface area contributed by atoms with E-state index in [4.69, 9.17) is 0 Å². The third kappa shape index (κ3) is 7.83. The van der Waals surface area contributed by atoms with Gasteiger partial charge in [0, 0.05) is 52.5 Å². The van der Waals surface area contributed by atoms with E-state index in [-0.39, 0.29) is 34.2 Å².